The van der Waals surface area contributed by atoms with Gasteiger partial charge in [0.05, 0.1) is 22.7 Å². The fourth-order valence-electron chi connectivity index (χ4n) is 1.39. The van der Waals surface area contributed by atoms with Crippen molar-refractivity contribution >= 4 is 11.7 Å². The highest BCUT2D eigenvalue weighted by molar-refractivity contribution is 5.89. The van der Waals surface area contributed by atoms with Gasteiger partial charge in [0, 0.05) is 6.07 Å². The van der Waals surface area contributed by atoms with Gasteiger partial charge in [-0.3, -0.25) is 10.1 Å². The molecule has 0 amide bonds. The van der Waals surface area contributed by atoms with Crippen molar-refractivity contribution in [3.8, 4) is 5.75 Å². The van der Waals surface area contributed by atoms with Crippen molar-refractivity contribution in [2.45, 2.75) is 13.3 Å². The van der Waals surface area contributed by atoms with Gasteiger partial charge in [-0.05, 0) is 19.4 Å². The van der Waals surface area contributed by atoms with E-state index < -0.39 is 10.9 Å². The van der Waals surface area contributed by atoms with Gasteiger partial charge in [0.2, 0.25) is 0 Å². The summed E-state index contributed by atoms with van der Waals surface area (Å²) < 4.78 is 5.32. The number of carbonyl (C=O) groups is 1. The van der Waals surface area contributed by atoms with Gasteiger partial charge in [-0.15, -0.1) is 6.58 Å². The van der Waals surface area contributed by atoms with E-state index in [4.69, 9.17) is 9.84 Å². The van der Waals surface area contributed by atoms with Crippen molar-refractivity contribution < 1.29 is 19.6 Å². The van der Waals surface area contributed by atoms with Crippen LogP contribution in [0.1, 0.15) is 22.3 Å². The van der Waals surface area contributed by atoms with Crippen LogP contribution in [0.3, 0.4) is 0 Å². The van der Waals surface area contributed by atoms with Crippen LogP contribution in [0.25, 0.3) is 0 Å². The number of aromatic carboxylic acids is 1. The number of rotatable bonds is 6. The third kappa shape index (κ3) is 3.07. The van der Waals surface area contributed by atoms with Crippen molar-refractivity contribution in [3.05, 3.63) is 46.0 Å². The molecule has 0 spiro atoms. The molecule has 0 bridgehead atoms. The van der Waals surface area contributed by atoms with Gasteiger partial charge >= 0.3 is 5.97 Å². The summed E-state index contributed by atoms with van der Waals surface area (Å²) in [6, 6.07) is 2.31. The Kier molecular flexibility index (Phi) is 4.42. The van der Waals surface area contributed by atoms with E-state index in [1.807, 2.05) is 0 Å². The van der Waals surface area contributed by atoms with Crippen LogP contribution < -0.4 is 4.74 Å². The SMILES string of the molecule is C=CCCOc1cc(C(=O)O)cc([N+](=O)[O-])c1C. The summed E-state index contributed by atoms with van der Waals surface area (Å²) >= 11 is 0. The standard InChI is InChI=1S/C12H13NO5/c1-3-4-5-18-11-7-9(12(14)15)6-10(8(11)2)13(16)17/h3,6-7H,1,4-5H2,2H3,(H,14,15). The van der Waals surface area contributed by atoms with Gasteiger partial charge in [0.1, 0.15) is 5.75 Å². The summed E-state index contributed by atoms with van der Waals surface area (Å²) in [4.78, 5) is 21.1. The van der Waals surface area contributed by atoms with Gasteiger partial charge < -0.3 is 9.84 Å². The topological polar surface area (TPSA) is 89.7 Å². The Bertz CT molecular complexity index is 495. The lowest BCUT2D eigenvalue weighted by Crippen LogP contribution is -2.04. The van der Waals surface area contributed by atoms with E-state index in [0.29, 0.717) is 18.6 Å². The Balaban J connectivity index is 3.18. The molecule has 1 aromatic rings. The number of ether oxygens (including phenoxy) is 1. The van der Waals surface area contributed by atoms with Crippen LogP contribution in [0.5, 0.6) is 5.75 Å². The molecule has 6 nitrogen and oxygen atoms in total. The Morgan fingerprint density at radius 3 is 2.78 bits per heavy atom. The van der Waals surface area contributed by atoms with Crippen LogP contribution in [0.15, 0.2) is 24.8 Å². The van der Waals surface area contributed by atoms with Crippen molar-refractivity contribution in [2.75, 3.05) is 6.61 Å². The highest BCUT2D eigenvalue weighted by atomic mass is 16.6. The lowest BCUT2D eigenvalue weighted by Gasteiger charge is -2.09. The third-order valence-corrected chi connectivity index (χ3v) is 2.36. The third-order valence-electron chi connectivity index (χ3n) is 2.36. The zero-order valence-corrected chi connectivity index (χ0v) is 9.88. The minimum absolute atomic E-state index is 0.166. The van der Waals surface area contributed by atoms with E-state index in [-0.39, 0.29) is 17.0 Å². The molecular formula is C12H13NO5. The molecule has 0 radical (unpaired) electrons. The summed E-state index contributed by atoms with van der Waals surface area (Å²) in [5, 5.41) is 19.7. The normalized spacial score (nSPS) is 9.83. The van der Waals surface area contributed by atoms with E-state index in [1.165, 1.54) is 13.0 Å². The maximum absolute atomic E-state index is 10.9. The quantitative estimate of drug-likeness (QED) is 0.363. The van der Waals surface area contributed by atoms with Gasteiger partial charge in [-0.1, -0.05) is 6.08 Å². The van der Waals surface area contributed by atoms with Crippen molar-refractivity contribution in [1.82, 2.24) is 0 Å². The number of carboxylic acid groups (broad SMARTS) is 1. The average Bonchev–Trinajstić information content (AvgIpc) is 2.30. The molecule has 0 aromatic heterocycles. The fraction of sp³-hybridized carbons (Fsp3) is 0.250. The summed E-state index contributed by atoms with van der Waals surface area (Å²) in [7, 11) is 0. The largest absolute Gasteiger partial charge is 0.493 e. The van der Waals surface area contributed by atoms with Crippen LogP contribution in [0.2, 0.25) is 0 Å². The molecule has 0 saturated carbocycles. The first-order chi connectivity index (χ1) is 8.47. The Morgan fingerprint density at radius 1 is 1.61 bits per heavy atom. The second-order valence-electron chi connectivity index (χ2n) is 3.61. The summed E-state index contributed by atoms with van der Waals surface area (Å²) in [6.07, 6.45) is 2.22. The van der Waals surface area contributed by atoms with Crippen LogP contribution >= 0.6 is 0 Å². The first-order valence-electron chi connectivity index (χ1n) is 5.23. The first-order valence-corrected chi connectivity index (χ1v) is 5.23. The summed E-state index contributed by atoms with van der Waals surface area (Å²) in [5.41, 5.74) is -0.113. The predicted molar refractivity (Wildman–Crippen MR) is 65.1 cm³/mol. The van der Waals surface area contributed by atoms with Crippen molar-refractivity contribution in [3.63, 3.8) is 0 Å². The van der Waals surface area contributed by atoms with Gasteiger partial charge in [-0.25, -0.2) is 4.79 Å². The number of hydrogen-bond donors (Lipinski definition) is 1. The Morgan fingerprint density at radius 2 is 2.28 bits per heavy atom. The molecule has 0 aliphatic heterocycles. The van der Waals surface area contributed by atoms with E-state index >= 15 is 0 Å². The van der Waals surface area contributed by atoms with E-state index in [0.717, 1.165) is 6.07 Å². The maximum Gasteiger partial charge on any atom is 0.336 e. The lowest BCUT2D eigenvalue weighted by atomic mass is 10.1. The van der Waals surface area contributed by atoms with Gasteiger partial charge in [0.25, 0.3) is 5.69 Å². The predicted octanol–water partition coefficient (Wildman–Crippen LogP) is 2.56. The second-order valence-corrected chi connectivity index (χ2v) is 3.61. The summed E-state index contributed by atoms with van der Waals surface area (Å²) in [6.45, 7) is 5.34. The number of nitro groups is 1. The number of nitro benzene ring substituents is 1. The van der Waals surface area contributed by atoms with E-state index in [9.17, 15) is 14.9 Å². The molecule has 0 fully saturated rings. The number of hydrogen-bond acceptors (Lipinski definition) is 4. The monoisotopic (exact) mass is 251 g/mol. The lowest BCUT2D eigenvalue weighted by molar-refractivity contribution is -0.385. The zero-order chi connectivity index (χ0) is 13.7. The van der Waals surface area contributed by atoms with Gasteiger partial charge in [-0.2, -0.15) is 0 Å². The molecule has 0 unspecified atom stereocenters. The molecule has 1 aromatic carbocycles. The van der Waals surface area contributed by atoms with Crippen LogP contribution in [-0.2, 0) is 0 Å². The first kappa shape index (κ1) is 13.7. The molecule has 1 N–H and O–H groups in total. The second kappa shape index (κ2) is 5.81. The minimum atomic E-state index is -1.23. The highest BCUT2D eigenvalue weighted by Crippen LogP contribution is 2.29. The number of benzene rings is 1. The number of nitrogens with zero attached hydrogens (tertiary/aromatic N) is 1. The zero-order valence-electron chi connectivity index (χ0n) is 9.88. The number of carboxylic acids is 1. The van der Waals surface area contributed by atoms with E-state index in [1.54, 1.807) is 6.08 Å². The van der Waals surface area contributed by atoms with Crippen LogP contribution in [-0.4, -0.2) is 22.6 Å². The molecule has 0 aliphatic carbocycles. The molecule has 96 valence electrons. The smallest absolute Gasteiger partial charge is 0.336 e. The summed E-state index contributed by atoms with van der Waals surface area (Å²) in [5.74, 6) is -1.02. The minimum Gasteiger partial charge on any atom is -0.493 e. The van der Waals surface area contributed by atoms with E-state index in [2.05, 4.69) is 6.58 Å². The molecule has 1 rings (SSSR count). The molecular weight excluding hydrogens is 238 g/mol. The van der Waals surface area contributed by atoms with Crippen molar-refractivity contribution in [1.29, 1.82) is 0 Å². The highest BCUT2D eigenvalue weighted by Gasteiger charge is 2.19. The molecule has 0 saturated heterocycles. The molecule has 0 aliphatic rings. The molecule has 0 heterocycles. The maximum atomic E-state index is 10.9. The average molecular weight is 251 g/mol. The molecule has 18 heavy (non-hydrogen) atoms. The van der Waals surface area contributed by atoms with Crippen LogP contribution in [0.4, 0.5) is 5.69 Å². The molecule has 0 atom stereocenters. The van der Waals surface area contributed by atoms with Crippen molar-refractivity contribution in [2.24, 2.45) is 0 Å². The molecule has 6 heteroatoms. The fourth-order valence-corrected chi connectivity index (χ4v) is 1.39. The Labute approximate surface area is 104 Å². The van der Waals surface area contributed by atoms with Crippen LogP contribution in [0, 0.1) is 17.0 Å². The Hall–Kier alpha value is -2.37. The van der Waals surface area contributed by atoms with Gasteiger partial charge in [0.15, 0.2) is 0 Å².